The first-order valence-electron chi connectivity index (χ1n) is 15.2. The van der Waals surface area contributed by atoms with Crippen molar-refractivity contribution in [2.24, 2.45) is 0 Å². The minimum atomic E-state index is -0.0776. The van der Waals surface area contributed by atoms with Gasteiger partial charge in [0.05, 0.1) is 0 Å². The van der Waals surface area contributed by atoms with Crippen molar-refractivity contribution < 1.29 is 0 Å². The highest BCUT2D eigenvalue weighted by Crippen LogP contribution is 2.52. The lowest BCUT2D eigenvalue weighted by atomic mass is 9.68. The molecule has 0 fully saturated rings. The van der Waals surface area contributed by atoms with Crippen LogP contribution in [0.25, 0.3) is 76.5 Å². The monoisotopic (exact) mass is 546 g/mol. The van der Waals surface area contributed by atoms with Crippen molar-refractivity contribution in [3.63, 3.8) is 0 Å². The average molecular weight is 547 g/mol. The fourth-order valence-corrected chi connectivity index (χ4v) is 7.85. The van der Waals surface area contributed by atoms with Crippen molar-refractivity contribution in [2.75, 3.05) is 0 Å². The van der Waals surface area contributed by atoms with E-state index in [1.807, 2.05) is 0 Å². The standard InChI is InChI=1S/C43H30/c1-43(2)38-20-10-9-14-30(38)36-24-25-37(35-19-11-21-39(43)42(35)36)41-33-17-7-5-15-31(33)40(32-16-6-8-18-34(32)41)29-23-22-27-12-3-4-13-28(27)26-29/h3-26H,1-2H3. The molecule has 0 aliphatic heterocycles. The van der Waals surface area contributed by atoms with Crippen LogP contribution in [0.15, 0.2) is 146 Å². The summed E-state index contributed by atoms with van der Waals surface area (Å²) in [7, 11) is 0. The van der Waals surface area contributed by atoms with Crippen LogP contribution in [0.3, 0.4) is 0 Å². The van der Waals surface area contributed by atoms with Gasteiger partial charge in [0.1, 0.15) is 0 Å². The summed E-state index contributed by atoms with van der Waals surface area (Å²) >= 11 is 0. The van der Waals surface area contributed by atoms with Crippen molar-refractivity contribution >= 4 is 43.1 Å². The second-order valence-corrected chi connectivity index (χ2v) is 12.5. The number of fused-ring (bicyclic) bond motifs is 5. The van der Waals surface area contributed by atoms with Gasteiger partial charge in [-0.15, -0.1) is 0 Å². The Labute approximate surface area is 251 Å². The van der Waals surface area contributed by atoms with Gasteiger partial charge < -0.3 is 0 Å². The van der Waals surface area contributed by atoms with Gasteiger partial charge in [-0.05, 0) is 93.7 Å². The van der Waals surface area contributed by atoms with Gasteiger partial charge in [-0.25, -0.2) is 0 Å². The third-order valence-electron chi connectivity index (χ3n) is 9.84. The molecule has 0 atom stereocenters. The van der Waals surface area contributed by atoms with Crippen LogP contribution in [-0.2, 0) is 5.41 Å². The Morgan fingerprint density at radius 3 is 1.67 bits per heavy atom. The zero-order valence-electron chi connectivity index (χ0n) is 24.4. The molecule has 0 N–H and O–H groups in total. The Hall–Kier alpha value is -5.20. The molecule has 43 heavy (non-hydrogen) atoms. The SMILES string of the molecule is CC1(C)c2ccccc2-c2ccc(-c3c4ccccc4c(-c4ccc5ccccc5c4)c4ccccc34)c3cccc1c23. The number of hydrogen-bond donors (Lipinski definition) is 0. The second kappa shape index (κ2) is 8.90. The summed E-state index contributed by atoms with van der Waals surface area (Å²) in [4.78, 5) is 0. The van der Waals surface area contributed by atoms with Crippen molar-refractivity contribution in [1.82, 2.24) is 0 Å². The molecular formula is C43H30. The van der Waals surface area contributed by atoms with Gasteiger partial charge in [-0.1, -0.05) is 153 Å². The molecule has 8 aromatic rings. The number of rotatable bonds is 2. The first-order valence-corrected chi connectivity index (χ1v) is 15.2. The molecule has 0 saturated carbocycles. The Kier molecular flexibility index (Phi) is 5.05. The molecular weight excluding hydrogens is 516 g/mol. The van der Waals surface area contributed by atoms with Crippen molar-refractivity contribution in [3.05, 3.63) is 157 Å². The van der Waals surface area contributed by atoms with Gasteiger partial charge in [0.15, 0.2) is 0 Å². The summed E-state index contributed by atoms with van der Waals surface area (Å²) < 4.78 is 0. The number of benzene rings is 8. The van der Waals surface area contributed by atoms with Gasteiger partial charge in [-0.3, -0.25) is 0 Å². The van der Waals surface area contributed by atoms with Crippen molar-refractivity contribution in [1.29, 1.82) is 0 Å². The van der Waals surface area contributed by atoms with Crippen LogP contribution in [0.2, 0.25) is 0 Å². The Morgan fingerprint density at radius 1 is 0.372 bits per heavy atom. The smallest absolute Gasteiger partial charge is 0.0159 e. The van der Waals surface area contributed by atoms with E-state index < -0.39 is 0 Å². The predicted molar refractivity (Wildman–Crippen MR) is 185 cm³/mol. The van der Waals surface area contributed by atoms with Crippen LogP contribution >= 0.6 is 0 Å². The van der Waals surface area contributed by atoms with Crippen molar-refractivity contribution in [2.45, 2.75) is 19.3 Å². The molecule has 0 aromatic heterocycles. The molecule has 0 amide bonds. The Balaban J connectivity index is 1.41. The fraction of sp³-hybridized carbons (Fsp3) is 0.0698. The number of hydrogen-bond acceptors (Lipinski definition) is 0. The molecule has 0 unspecified atom stereocenters. The average Bonchev–Trinajstić information content (AvgIpc) is 3.06. The Morgan fingerprint density at radius 2 is 0.930 bits per heavy atom. The molecule has 9 rings (SSSR count). The summed E-state index contributed by atoms with van der Waals surface area (Å²) in [5, 5.41) is 10.4. The molecule has 0 nitrogen and oxygen atoms in total. The zero-order chi connectivity index (χ0) is 28.7. The summed E-state index contributed by atoms with van der Waals surface area (Å²) in [5.74, 6) is 0. The van der Waals surface area contributed by atoms with E-state index in [9.17, 15) is 0 Å². The topological polar surface area (TPSA) is 0 Å². The van der Waals surface area contributed by atoms with E-state index in [0.29, 0.717) is 0 Å². The minimum absolute atomic E-state index is 0.0776. The van der Waals surface area contributed by atoms with Crippen LogP contribution in [0.1, 0.15) is 25.0 Å². The normalized spacial score (nSPS) is 13.5. The molecule has 0 spiro atoms. The van der Waals surface area contributed by atoms with Crippen molar-refractivity contribution in [3.8, 4) is 33.4 Å². The van der Waals surface area contributed by atoms with Gasteiger partial charge in [-0.2, -0.15) is 0 Å². The highest BCUT2D eigenvalue weighted by Gasteiger charge is 2.33. The molecule has 0 radical (unpaired) electrons. The quantitative estimate of drug-likeness (QED) is 0.189. The highest BCUT2D eigenvalue weighted by molar-refractivity contribution is 6.24. The molecule has 0 heterocycles. The third-order valence-corrected chi connectivity index (χ3v) is 9.84. The lowest BCUT2D eigenvalue weighted by Gasteiger charge is -2.35. The summed E-state index contributed by atoms with van der Waals surface area (Å²) in [6.45, 7) is 4.75. The van der Waals surface area contributed by atoms with Gasteiger partial charge in [0.25, 0.3) is 0 Å². The van der Waals surface area contributed by atoms with Crippen LogP contribution in [0, 0.1) is 0 Å². The molecule has 8 aromatic carbocycles. The second-order valence-electron chi connectivity index (χ2n) is 12.5. The predicted octanol–water partition coefficient (Wildman–Crippen LogP) is 11.9. The maximum atomic E-state index is 2.38. The fourth-order valence-electron chi connectivity index (χ4n) is 7.85. The van der Waals surface area contributed by atoms with Gasteiger partial charge in [0, 0.05) is 5.41 Å². The lowest BCUT2D eigenvalue weighted by molar-refractivity contribution is 0.645. The van der Waals surface area contributed by atoms with E-state index >= 15 is 0 Å². The largest absolute Gasteiger partial charge is 0.0619 e. The minimum Gasteiger partial charge on any atom is -0.0619 e. The lowest BCUT2D eigenvalue weighted by Crippen LogP contribution is -2.23. The van der Waals surface area contributed by atoms with Crippen LogP contribution in [0.5, 0.6) is 0 Å². The van der Waals surface area contributed by atoms with Crippen LogP contribution in [-0.4, -0.2) is 0 Å². The molecule has 202 valence electrons. The van der Waals surface area contributed by atoms with E-state index in [4.69, 9.17) is 0 Å². The van der Waals surface area contributed by atoms with Crippen LogP contribution in [0.4, 0.5) is 0 Å². The van der Waals surface area contributed by atoms with E-state index in [-0.39, 0.29) is 5.41 Å². The van der Waals surface area contributed by atoms with Gasteiger partial charge >= 0.3 is 0 Å². The summed E-state index contributed by atoms with van der Waals surface area (Å²) in [6, 6.07) is 54.2. The molecule has 0 bridgehead atoms. The first-order chi connectivity index (χ1) is 21.1. The maximum absolute atomic E-state index is 2.38. The molecule has 0 heteroatoms. The third kappa shape index (κ3) is 3.38. The van der Waals surface area contributed by atoms with E-state index in [1.165, 1.54) is 87.6 Å². The van der Waals surface area contributed by atoms with Gasteiger partial charge in [0.2, 0.25) is 0 Å². The van der Waals surface area contributed by atoms with Crippen LogP contribution < -0.4 is 0 Å². The molecule has 0 saturated heterocycles. The molecule has 1 aliphatic rings. The first kappa shape index (κ1) is 24.4. The summed E-state index contributed by atoms with van der Waals surface area (Å²) in [6.07, 6.45) is 0. The van der Waals surface area contributed by atoms with E-state index in [2.05, 4.69) is 159 Å². The van der Waals surface area contributed by atoms with E-state index in [0.717, 1.165) is 0 Å². The summed E-state index contributed by atoms with van der Waals surface area (Å²) in [5.41, 5.74) is 10.6. The molecule has 1 aliphatic carbocycles. The van der Waals surface area contributed by atoms with E-state index in [1.54, 1.807) is 0 Å². The zero-order valence-corrected chi connectivity index (χ0v) is 24.4. The maximum Gasteiger partial charge on any atom is 0.0159 e. The Bertz CT molecular complexity index is 2360. The highest BCUT2D eigenvalue weighted by atomic mass is 14.4.